The fourth-order valence-corrected chi connectivity index (χ4v) is 1.51. The van der Waals surface area contributed by atoms with E-state index in [1.807, 2.05) is 0 Å². The molecule has 102 valence electrons. The minimum Gasteiger partial charge on any atom is -0.362 e. The second-order valence-electron chi connectivity index (χ2n) is 3.53. The summed E-state index contributed by atoms with van der Waals surface area (Å²) in [6.45, 7) is 0.0663. The average Bonchev–Trinajstić information content (AvgIpc) is 2.72. The van der Waals surface area contributed by atoms with Crippen LogP contribution in [0.4, 0.5) is 19.0 Å². The third-order valence-electron chi connectivity index (χ3n) is 2.14. The number of aromatic amines is 2. The fourth-order valence-electron chi connectivity index (χ4n) is 1.28. The summed E-state index contributed by atoms with van der Waals surface area (Å²) in [4.78, 5) is 16.7. The van der Waals surface area contributed by atoms with Crippen molar-refractivity contribution >= 4 is 17.4 Å². The minimum atomic E-state index is -4.50. The van der Waals surface area contributed by atoms with E-state index in [1.165, 1.54) is 0 Å². The number of hydrogen-bond donors (Lipinski definition) is 3. The second kappa shape index (κ2) is 4.92. The molecule has 0 saturated heterocycles. The maximum Gasteiger partial charge on any atom is 0.417 e. The highest BCUT2D eigenvalue weighted by Gasteiger charge is 2.31. The lowest BCUT2D eigenvalue weighted by atomic mass is 10.3. The van der Waals surface area contributed by atoms with Gasteiger partial charge in [-0.05, 0) is 6.07 Å². The molecule has 0 unspecified atom stereocenters. The van der Waals surface area contributed by atoms with Crippen LogP contribution >= 0.6 is 11.6 Å². The fraction of sp³-hybridized carbons (Fsp3) is 0.222. The molecule has 19 heavy (non-hydrogen) atoms. The molecule has 0 aromatic carbocycles. The molecule has 0 bridgehead atoms. The van der Waals surface area contributed by atoms with E-state index in [4.69, 9.17) is 11.6 Å². The Morgan fingerprint density at radius 2 is 2.16 bits per heavy atom. The van der Waals surface area contributed by atoms with Crippen LogP contribution in [0.25, 0.3) is 0 Å². The number of hydrogen-bond acceptors (Lipinski definition) is 4. The highest BCUT2D eigenvalue weighted by molar-refractivity contribution is 6.32. The van der Waals surface area contributed by atoms with Gasteiger partial charge in [0.2, 0.25) is 0 Å². The van der Waals surface area contributed by atoms with Crippen LogP contribution in [0.1, 0.15) is 11.4 Å². The van der Waals surface area contributed by atoms with Gasteiger partial charge in [-0.25, -0.2) is 14.9 Å². The molecule has 0 aliphatic carbocycles. The molecule has 6 nitrogen and oxygen atoms in total. The number of aromatic nitrogens is 4. The van der Waals surface area contributed by atoms with Crippen LogP contribution in [0.5, 0.6) is 0 Å². The minimum absolute atomic E-state index is 0.0663. The SMILES string of the molecule is O=c1[nH]nc(CNc2ncc(C(F)(F)F)cc2Cl)[nH]1. The van der Waals surface area contributed by atoms with Gasteiger partial charge >= 0.3 is 11.9 Å². The molecule has 0 radical (unpaired) electrons. The largest absolute Gasteiger partial charge is 0.417 e. The summed E-state index contributed by atoms with van der Waals surface area (Å²) < 4.78 is 37.1. The van der Waals surface area contributed by atoms with Gasteiger partial charge in [-0.2, -0.15) is 18.3 Å². The van der Waals surface area contributed by atoms with Crippen LogP contribution in [0, 0.1) is 0 Å². The van der Waals surface area contributed by atoms with Gasteiger partial charge in [-0.3, -0.25) is 4.98 Å². The lowest BCUT2D eigenvalue weighted by molar-refractivity contribution is -0.137. The average molecular weight is 294 g/mol. The molecular weight excluding hydrogens is 287 g/mol. The number of pyridine rings is 1. The first-order valence-corrected chi connectivity index (χ1v) is 5.34. The molecule has 0 aliphatic heterocycles. The zero-order chi connectivity index (χ0) is 14.0. The van der Waals surface area contributed by atoms with Crippen LogP contribution in [-0.2, 0) is 12.7 Å². The van der Waals surface area contributed by atoms with E-state index in [-0.39, 0.29) is 23.2 Å². The van der Waals surface area contributed by atoms with Gasteiger partial charge in [0.05, 0.1) is 17.1 Å². The zero-order valence-electron chi connectivity index (χ0n) is 9.18. The van der Waals surface area contributed by atoms with E-state index in [9.17, 15) is 18.0 Å². The Hall–Kier alpha value is -2.03. The van der Waals surface area contributed by atoms with E-state index in [0.717, 1.165) is 6.07 Å². The normalized spacial score (nSPS) is 11.6. The van der Waals surface area contributed by atoms with Crippen molar-refractivity contribution in [2.45, 2.75) is 12.7 Å². The van der Waals surface area contributed by atoms with Crippen LogP contribution in [0.2, 0.25) is 5.02 Å². The molecule has 0 spiro atoms. The Labute approximate surface area is 109 Å². The monoisotopic (exact) mass is 293 g/mol. The lowest BCUT2D eigenvalue weighted by Gasteiger charge is -2.09. The van der Waals surface area contributed by atoms with Crippen LogP contribution < -0.4 is 11.0 Å². The maximum absolute atomic E-state index is 12.4. The molecule has 10 heteroatoms. The second-order valence-corrected chi connectivity index (χ2v) is 3.94. The molecule has 0 amide bonds. The maximum atomic E-state index is 12.4. The Morgan fingerprint density at radius 1 is 1.42 bits per heavy atom. The molecule has 0 fully saturated rings. The number of nitrogens with one attached hydrogen (secondary N) is 3. The quantitative estimate of drug-likeness (QED) is 0.805. The summed E-state index contributed by atoms with van der Waals surface area (Å²) in [6, 6.07) is 0.768. The van der Waals surface area contributed by atoms with Gasteiger partial charge in [0.25, 0.3) is 0 Å². The first-order chi connectivity index (χ1) is 8.86. The van der Waals surface area contributed by atoms with Crippen molar-refractivity contribution in [2.75, 3.05) is 5.32 Å². The lowest BCUT2D eigenvalue weighted by Crippen LogP contribution is -2.09. The van der Waals surface area contributed by atoms with E-state index in [1.54, 1.807) is 0 Å². The Bertz CT molecular complexity index is 635. The van der Waals surface area contributed by atoms with Crippen LogP contribution in [-0.4, -0.2) is 20.2 Å². The van der Waals surface area contributed by atoms with Gasteiger partial charge in [0, 0.05) is 6.20 Å². The number of alkyl halides is 3. The molecule has 0 saturated carbocycles. The predicted molar refractivity (Wildman–Crippen MR) is 60.8 cm³/mol. The van der Waals surface area contributed by atoms with Crippen molar-refractivity contribution in [3.05, 3.63) is 39.2 Å². The van der Waals surface area contributed by atoms with Gasteiger partial charge in [-0.1, -0.05) is 11.6 Å². The van der Waals surface area contributed by atoms with Crippen molar-refractivity contribution in [1.29, 1.82) is 0 Å². The number of rotatable bonds is 3. The van der Waals surface area contributed by atoms with Crippen LogP contribution in [0.3, 0.4) is 0 Å². The Kier molecular flexibility index (Phi) is 3.47. The predicted octanol–water partition coefficient (Wildman–Crippen LogP) is 1.78. The van der Waals surface area contributed by atoms with Crippen molar-refractivity contribution in [1.82, 2.24) is 20.2 Å². The molecular formula is C9H7ClF3N5O. The smallest absolute Gasteiger partial charge is 0.362 e. The zero-order valence-corrected chi connectivity index (χ0v) is 9.93. The van der Waals surface area contributed by atoms with Gasteiger partial charge < -0.3 is 5.32 Å². The number of H-pyrrole nitrogens is 2. The molecule has 0 aliphatic rings. The van der Waals surface area contributed by atoms with Gasteiger partial charge in [0.1, 0.15) is 11.6 Å². The highest BCUT2D eigenvalue weighted by atomic mass is 35.5. The first kappa shape index (κ1) is 13.4. The van der Waals surface area contributed by atoms with Gasteiger partial charge in [0.15, 0.2) is 0 Å². The molecule has 2 aromatic rings. The summed E-state index contributed by atoms with van der Waals surface area (Å²) in [7, 11) is 0. The van der Waals surface area contributed by atoms with E-state index >= 15 is 0 Å². The topological polar surface area (TPSA) is 86.5 Å². The summed E-state index contributed by atoms with van der Waals surface area (Å²) in [6.07, 6.45) is -3.83. The molecule has 0 atom stereocenters. The third-order valence-corrected chi connectivity index (χ3v) is 2.43. The summed E-state index contributed by atoms with van der Waals surface area (Å²) >= 11 is 5.68. The highest BCUT2D eigenvalue weighted by Crippen LogP contribution is 2.32. The van der Waals surface area contributed by atoms with E-state index in [0.29, 0.717) is 6.20 Å². The van der Waals surface area contributed by atoms with Crippen LogP contribution in [0.15, 0.2) is 17.1 Å². The standard InChI is InChI=1S/C9H7ClF3N5O/c10-5-1-4(9(11,12)13)2-14-7(5)15-3-6-16-8(19)18-17-6/h1-2H,3H2,(H,14,15)(H2,16,17,18,19). The van der Waals surface area contributed by atoms with Crippen molar-refractivity contribution in [3.8, 4) is 0 Å². The Balaban J connectivity index is 2.11. The molecule has 3 N–H and O–H groups in total. The number of halogens is 4. The first-order valence-electron chi connectivity index (χ1n) is 4.96. The summed E-state index contributed by atoms with van der Waals surface area (Å²) in [5, 5.41) is 8.24. The Morgan fingerprint density at radius 3 is 2.68 bits per heavy atom. The van der Waals surface area contributed by atoms with E-state index in [2.05, 4.69) is 25.5 Å². The van der Waals surface area contributed by atoms with E-state index < -0.39 is 17.4 Å². The molecule has 2 heterocycles. The van der Waals surface area contributed by atoms with Crippen molar-refractivity contribution in [2.24, 2.45) is 0 Å². The molecule has 2 aromatic heterocycles. The van der Waals surface area contributed by atoms with Crippen molar-refractivity contribution < 1.29 is 13.2 Å². The number of nitrogens with zero attached hydrogens (tertiary/aromatic N) is 2. The summed E-state index contributed by atoms with van der Waals surface area (Å²) in [5.74, 6) is 0.348. The van der Waals surface area contributed by atoms with Crippen molar-refractivity contribution in [3.63, 3.8) is 0 Å². The number of anilines is 1. The summed E-state index contributed by atoms with van der Waals surface area (Å²) in [5.41, 5.74) is -1.42. The van der Waals surface area contributed by atoms with Gasteiger partial charge in [-0.15, -0.1) is 0 Å². The third kappa shape index (κ3) is 3.25. The molecule has 2 rings (SSSR count).